The molecule has 0 aliphatic carbocycles. The molecular formula is C23H26N2O5. The second kappa shape index (κ2) is 8.98. The molecule has 2 atom stereocenters. The van der Waals surface area contributed by atoms with E-state index in [1.54, 1.807) is 31.2 Å². The van der Waals surface area contributed by atoms with Gasteiger partial charge in [-0.15, -0.1) is 0 Å². The van der Waals surface area contributed by atoms with Crippen molar-refractivity contribution in [3.8, 4) is 0 Å². The van der Waals surface area contributed by atoms with Gasteiger partial charge in [0.25, 0.3) is 5.91 Å². The molecule has 2 aromatic rings. The second-order valence-electron chi connectivity index (χ2n) is 7.57. The van der Waals surface area contributed by atoms with Crippen molar-refractivity contribution in [2.75, 3.05) is 18.4 Å². The lowest BCUT2D eigenvalue weighted by Crippen LogP contribution is -2.59. The predicted molar refractivity (Wildman–Crippen MR) is 112 cm³/mol. The average molecular weight is 410 g/mol. The average Bonchev–Trinajstić information content (AvgIpc) is 3.15. The highest BCUT2D eigenvalue weighted by Crippen LogP contribution is 2.34. The zero-order valence-corrected chi connectivity index (χ0v) is 16.9. The summed E-state index contributed by atoms with van der Waals surface area (Å²) >= 11 is 0. The Morgan fingerprint density at radius 3 is 2.33 bits per heavy atom. The number of hydrogen-bond acceptors (Lipinski definition) is 4. The first-order chi connectivity index (χ1) is 14.4. The van der Waals surface area contributed by atoms with E-state index in [9.17, 15) is 24.6 Å². The number of likely N-dealkylation sites (N-methyl/N-ethyl adjacent to an activating group) is 1. The summed E-state index contributed by atoms with van der Waals surface area (Å²) in [7, 11) is 0. The summed E-state index contributed by atoms with van der Waals surface area (Å²) in [6.07, 6.45) is 0.948. The van der Waals surface area contributed by atoms with Gasteiger partial charge in [0.05, 0.1) is 5.92 Å². The number of nitrogens with zero attached hydrogens (tertiary/aromatic N) is 1. The Morgan fingerprint density at radius 1 is 1.07 bits per heavy atom. The number of carbonyl (C=O) groups excluding carboxylic acids is 1. The Morgan fingerprint density at radius 2 is 1.73 bits per heavy atom. The van der Waals surface area contributed by atoms with Gasteiger partial charge < -0.3 is 20.4 Å². The maximum Gasteiger partial charge on any atom is 0.339 e. The number of para-hydroxylation sites is 1. The van der Waals surface area contributed by atoms with Crippen LogP contribution in [0.5, 0.6) is 0 Å². The normalized spacial score (nSPS) is 18.2. The van der Waals surface area contributed by atoms with Gasteiger partial charge in [0.15, 0.2) is 0 Å². The largest absolute Gasteiger partial charge is 0.481 e. The minimum atomic E-state index is -1.82. The number of aliphatic carboxylic acids is 2. The van der Waals surface area contributed by atoms with Gasteiger partial charge in [0.2, 0.25) is 5.54 Å². The summed E-state index contributed by atoms with van der Waals surface area (Å²) in [5.41, 5.74) is 0.571. The summed E-state index contributed by atoms with van der Waals surface area (Å²) in [6.45, 7) is 1.91. The van der Waals surface area contributed by atoms with Crippen LogP contribution in [0.2, 0.25) is 0 Å². The molecule has 0 radical (unpaired) electrons. The summed E-state index contributed by atoms with van der Waals surface area (Å²) in [5, 5.41) is 22.5. The molecule has 0 saturated heterocycles. The number of benzene rings is 2. The van der Waals surface area contributed by atoms with E-state index in [1.807, 2.05) is 30.3 Å². The SMILES string of the molecule is CCN(C[C@@H](CCc1ccccc1)C(=O)O)C(=O)C1(C(=O)O)Cc2ccccc2N1. The molecule has 1 aliphatic rings. The molecule has 7 heteroatoms. The zero-order chi connectivity index (χ0) is 21.7. The molecule has 0 spiro atoms. The van der Waals surface area contributed by atoms with Crippen molar-refractivity contribution in [3.05, 3.63) is 65.7 Å². The summed E-state index contributed by atoms with van der Waals surface area (Å²) in [6, 6.07) is 16.6. The van der Waals surface area contributed by atoms with Crippen LogP contribution in [0.15, 0.2) is 54.6 Å². The van der Waals surface area contributed by atoms with Crippen molar-refractivity contribution in [2.45, 2.75) is 31.7 Å². The first-order valence-electron chi connectivity index (χ1n) is 10.0. The number of hydrogen-bond donors (Lipinski definition) is 3. The molecule has 2 aromatic carbocycles. The maximum atomic E-state index is 13.3. The van der Waals surface area contributed by atoms with Crippen LogP contribution in [0.4, 0.5) is 5.69 Å². The number of anilines is 1. The highest BCUT2D eigenvalue weighted by Gasteiger charge is 2.52. The van der Waals surface area contributed by atoms with Gasteiger partial charge in [-0.05, 0) is 37.0 Å². The molecule has 1 unspecified atom stereocenters. The predicted octanol–water partition coefficient (Wildman–Crippen LogP) is 2.66. The standard InChI is InChI=1S/C23H26N2O5/c1-2-25(15-18(20(26)27)13-12-16-8-4-3-5-9-16)21(28)23(22(29)30)14-17-10-6-7-11-19(17)24-23/h3-11,18,24H,2,12-15H2,1H3,(H,26,27)(H,29,30)/t18-,23?/m1/s1. The van der Waals surface area contributed by atoms with Gasteiger partial charge in [-0.2, -0.15) is 0 Å². The molecule has 3 rings (SSSR count). The number of aryl methyl sites for hydroxylation is 1. The molecule has 1 amide bonds. The highest BCUT2D eigenvalue weighted by molar-refractivity contribution is 6.11. The highest BCUT2D eigenvalue weighted by atomic mass is 16.4. The van der Waals surface area contributed by atoms with Gasteiger partial charge in [0, 0.05) is 25.2 Å². The van der Waals surface area contributed by atoms with E-state index in [1.165, 1.54) is 4.90 Å². The van der Waals surface area contributed by atoms with E-state index in [-0.39, 0.29) is 19.5 Å². The van der Waals surface area contributed by atoms with E-state index in [2.05, 4.69) is 5.32 Å². The summed E-state index contributed by atoms with van der Waals surface area (Å²) in [5.74, 6) is -3.66. The van der Waals surface area contributed by atoms with E-state index in [0.717, 1.165) is 11.1 Å². The van der Waals surface area contributed by atoms with Crippen LogP contribution in [0.25, 0.3) is 0 Å². The maximum absolute atomic E-state index is 13.3. The van der Waals surface area contributed by atoms with Gasteiger partial charge in [0.1, 0.15) is 0 Å². The first-order valence-corrected chi connectivity index (χ1v) is 10.0. The Hall–Kier alpha value is -3.35. The fraction of sp³-hybridized carbons (Fsp3) is 0.348. The van der Waals surface area contributed by atoms with Crippen LogP contribution >= 0.6 is 0 Å². The Kier molecular flexibility index (Phi) is 6.40. The lowest BCUT2D eigenvalue weighted by molar-refractivity contribution is -0.152. The molecule has 30 heavy (non-hydrogen) atoms. The van der Waals surface area contributed by atoms with Crippen molar-refractivity contribution in [1.82, 2.24) is 4.90 Å². The van der Waals surface area contributed by atoms with E-state index in [4.69, 9.17) is 0 Å². The van der Waals surface area contributed by atoms with Crippen molar-refractivity contribution < 1.29 is 24.6 Å². The number of carbonyl (C=O) groups is 3. The third kappa shape index (κ3) is 4.30. The Bertz CT molecular complexity index is 903. The molecule has 1 heterocycles. The molecule has 1 aliphatic heterocycles. The molecule has 7 nitrogen and oxygen atoms in total. The number of carboxylic acid groups (broad SMARTS) is 2. The number of fused-ring (bicyclic) bond motifs is 1. The van der Waals surface area contributed by atoms with Crippen LogP contribution < -0.4 is 5.32 Å². The first kappa shape index (κ1) is 21.4. The van der Waals surface area contributed by atoms with Crippen molar-refractivity contribution in [1.29, 1.82) is 0 Å². The second-order valence-corrected chi connectivity index (χ2v) is 7.57. The van der Waals surface area contributed by atoms with Gasteiger partial charge in [-0.1, -0.05) is 48.5 Å². The molecule has 158 valence electrons. The number of rotatable bonds is 9. The number of amides is 1. The molecule has 0 bridgehead atoms. The zero-order valence-electron chi connectivity index (χ0n) is 16.9. The van der Waals surface area contributed by atoms with Crippen molar-refractivity contribution in [3.63, 3.8) is 0 Å². The summed E-state index contributed by atoms with van der Waals surface area (Å²) < 4.78 is 0. The minimum Gasteiger partial charge on any atom is -0.481 e. The topological polar surface area (TPSA) is 107 Å². The Labute approximate surface area is 175 Å². The van der Waals surface area contributed by atoms with E-state index < -0.39 is 29.3 Å². The van der Waals surface area contributed by atoms with Crippen LogP contribution in [0, 0.1) is 5.92 Å². The third-order valence-electron chi connectivity index (χ3n) is 5.63. The van der Waals surface area contributed by atoms with E-state index >= 15 is 0 Å². The van der Waals surface area contributed by atoms with Gasteiger partial charge >= 0.3 is 11.9 Å². The fourth-order valence-corrected chi connectivity index (χ4v) is 3.88. The Balaban J connectivity index is 1.76. The molecular weight excluding hydrogens is 384 g/mol. The van der Waals surface area contributed by atoms with Crippen LogP contribution in [-0.2, 0) is 27.2 Å². The number of nitrogens with one attached hydrogen (secondary N) is 1. The summed E-state index contributed by atoms with van der Waals surface area (Å²) in [4.78, 5) is 38.7. The van der Waals surface area contributed by atoms with Crippen LogP contribution in [0.1, 0.15) is 24.5 Å². The lowest BCUT2D eigenvalue weighted by atomic mass is 9.92. The minimum absolute atomic E-state index is 0.0234. The monoisotopic (exact) mass is 410 g/mol. The quantitative estimate of drug-likeness (QED) is 0.549. The van der Waals surface area contributed by atoms with Crippen LogP contribution in [-0.4, -0.2) is 51.6 Å². The molecule has 3 N–H and O–H groups in total. The molecule has 0 fully saturated rings. The van der Waals surface area contributed by atoms with E-state index in [0.29, 0.717) is 18.5 Å². The van der Waals surface area contributed by atoms with Crippen molar-refractivity contribution >= 4 is 23.5 Å². The van der Waals surface area contributed by atoms with Gasteiger partial charge in [-0.3, -0.25) is 9.59 Å². The van der Waals surface area contributed by atoms with Gasteiger partial charge in [-0.25, -0.2) is 4.79 Å². The third-order valence-corrected chi connectivity index (χ3v) is 5.63. The smallest absolute Gasteiger partial charge is 0.339 e. The number of carboxylic acids is 2. The lowest BCUT2D eigenvalue weighted by Gasteiger charge is -2.32. The fourth-order valence-electron chi connectivity index (χ4n) is 3.88. The molecule has 0 saturated carbocycles. The molecule has 0 aromatic heterocycles. The van der Waals surface area contributed by atoms with Crippen molar-refractivity contribution in [2.24, 2.45) is 5.92 Å². The van der Waals surface area contributed by atoms with Crippen LogP contribution in [0.3, 0.4) is 0 Å².